The first kappa shape index (κ1) is 34.5. The van der Waals surface area contributed by atoms with Crippen molar-refractivity contribution in [1.82, 2.24) is 10.6 Å². The Morgan fingerprint density at radius 1 is 0.912 bits per heavy atom. The van der Waals surface area contributed by atoms with Crippen LogP contribution in [-0.4, -0.2) is 19.6 Å². The van der Waals surface area contributed by atoms with Crippen LogP contribution in [0.2, 0.25) is 0 Å². The summed E-state index contributed by atoms with van der Waals surface area (Å²) in [6, 6.07) is 8.67. The monoisotopic (exact) mass is 470 g/mol. The van der Waals surface area contributed by atoms with Gasteiger partial charge in [-0.05, 0) is 80.7 Å². The Kier molecular flexibility index (Phi) is 24.9. The SMILES string of the molecule is C=C/C=C(/CNCC1CCC(CNCc2ccccc2C)CC1)C(=C)CC.CC.CC.CCC. The maximum absolute atomic E-state index is 4.16. The Morgan fingerprint density at radius 3 is 1.88 bits per heavy atom. The third-order valence-corrected chi connectivity index (χ3v) is 5.92. The van der Waals surface area contributed by atoms with Gasteiger partial charge in [0.2, 0.25) is 0 Å². The van der Waals surface area contributed by atoms with Crippen LogP contribution in [0.3, 0.4) is 0 Å². The molecule has 0 unspecified atom stereocenters. The van der Waals surface area contributed by atoms with Gasteiger partial charge in [0.1, 0.15) is 0 Å². The standard InChI is InChI=1S/C25H38N2.C3H8.2C2H6/c1-5-9-24(20(3)6-2)18-26-16-22-12-14-23(15-13-22)17-27-19-25-11-8-7-10-21(25)4;1-3-2;2*1-2/h5,7-11,22-23,26-27H,1,3,6,12-19H2,2,4H3;3H2,1-2H3;2*1-2H3/b24-9-;;;. The molecule has 1 fully saturated rings. The minimum Gasteiger partial charge on any atom is -0.312 e. The van der Waals surface area contributed by atoms with Crippen molar-refractivity contribution in [3.63, 3.8) is 0 Å². The largest absolute Gasteiger partial charge is 0.312 e. The van der Waals surface area contributed by atoms with Crippen LogP contribution in [0.1, 0.15) is 98.1 Å². The number of allylic oxidation sites excluding steroid dienone is 2. The fraction of sp³-hybridized carbons (Fsp3) is 0.625. The fourth-order valence-corrected chi connectivity index (χ4v) is 3.94. The molecule has 0 saturated heterocycles. The molecule has 0 spiro atoms. The van der Waals surface area contributed by atoms with Crippen LogP contribution in [0.15, 0.2) is 60.7 Å². The summed E-state index contributed by atoms with van der Waals surface area (Å²) < 4.78 is 0. The van der Waals surface area contributed by atoms with Crippen LogP contribution in [0.25, 0.3) is 0 Å². The molecule has 0 aromatic heterocycles. The second-order valence-electron chi connectivity index (χ2n) is 8.67. The van der Waals surface area contributed by atoms with Crippen LogP contribution >= 0.6 is 0 Å². The molecular weight excluding hydrogens is 412 g/mol. The van der Waals surface area contributed by atoms with Crippen LogP contribution in [0, 0.1) is 18.8 Å². The van der Waals surface area contributed by atoms with Gasteiger partial charge in [-0.1, -0.05) is 110 Å². The lowest BCUT2D eigenvalue weighted by Crippen LogP contribution is -2.31. The first-order valence-electron chi connectivity index (χ1n) is 14.0. The fourth-order valence-electron chi connectivity index (χ4n) is 3.94. The third kappa shape index (κ3) is 16.1. The highest BCUT2D eigenvalue weighted by atomic mass is 14.9. The average molecular weight is 471 g/mol. The van der Waals surface area contributed by atoms with E-state index in [0.717, 1.165) is 44.4 Å². The minimum atomic E-state index is 0.817. The molecule has 1 saturated carbocycles. The van der Waals surface area contributed by atoms with E-state index in [1.807, 2.05) is 33.8 Å². The first-order chi connectivity index (χ1) is 16.5. The van der Waals surface area contributed by atoms with Crippen molar-refractivity contribution in [1.29, 1.82) is 0 Å². The molecule has 0 bridgehead atoms. The molecule has 1 aromatic rings. The molecule has 0 atom stereocenters. The second kappa shape index (κ2) is 24.5. The smallest absolute Gasteiger partial charge is 0.0208 e. The molecule has 1 aromatic carbocycles. The Balaban J connectivity index is 0. The number of nitrogens with one attached hydrogen (secondary N) is 2. The van der Waals surface area contributed by atoms with E-state index < -0.39 is 0 Å². The van der Waals surface area contributed by atoms with Crippen molar-refractivity contribution in [3.8, 4) is 0 Å². The van der Waals surface area contributed by atoms with Crippen molar-refractivity contribution in [2.75, 3.05) is 19.6 Å². The molecule has 0 amide bonds. The number of hydrogen-bond donors (Lipinski definition) is 2. The van der Waals surface area contributed by atoms with Gasteiger partial charge in [0.15, 0.2) is 0 Å². The van der Waals surface area contributed by atoms with E-state index in [-0.39, 0.29) is 0 Å². The molecule has 2 heteroatoms. The lowest BCUT2D eigenvalue weighted by Gasteiger charge is -2.29. The molecule has 2 nitrogen and oxygen atoms in total. The van der Waals surface area contributed by atoms with Gasteiger partial charge in [-0.3, -0.25) is 0 Å². The molecule has 1 aliphatic rings. The first-order valence-corrected chi connectivity index (χ1v) is 14.0. The van der Waals surface area contributed by atoms with Crippen molar-refractivity contribution < 1.29 is 0 Å². The Bertz CT molecular complexity index is 636. The quantitative estimate of drug-likeness (QED) is 0.315. The Morgan fingerprint density at radius 2 is 1.41 bits per heavy atom. The van der Waals surface area contributed by atoms with Gasteiger partial charge in [0.05, 0.1) is 0 Å². The van der Waals surface area contributed by atoms with E-state index in [1.165, 1.54) is 54.4 Å². The van der Waals surface area contributed by atoms with E-state index in [0.29, 0.717) is 0 Å². The summed E-state index contributed by atoms with van der Waals surface area (Å²) in [6.07, 6.45) is 11.6. The Labute approximate surface area is 214 Å². The van der Waals surface area contributed by atoms with Crippen LogP contribution < -0.4 is 10.6 Å². The van der Waals surface area contributed by atoms with Gasteiger partial charge >= 0.3 is 0 Å². The predicted octanol–water partition coefficient (Wildman–Crippen LogP) is 9.03. The summed E-state index contributed by atoms with van der Waals surface area (Å²) in [4.78, 5) is 0. The molecule has 0 aliphatic heterocycles. The third-order valence-electron chi connectivity index (χ3n) is 5.92. The number of benzene rings is 1. The Hall–Kier alpha value is -1.64. The maximum Gasteiger partial charge on any atom is 0.0208 e. The zero-order valence-electron chi connectivity index (χ0n) is 24.1. The maximum atomic E-state index is 4.16. The molecule has 2 rings (SSSR count). The number of hydrogen-bond acceptors (Lipinski definition) is 2. The van der Waals surface area contributed by atoms with Gasteiger partial charge in [-0.25, -0.2) is 0 Å². The predicted molar refractivity (Wildman–Crippen MR) is 158 cm³/mol. The lowest BCUT2D eigenvalue weighted by molar-refractivity contribution is 0.262. The normalized spacial score (nSPS) is 17.1. The van der Waals surface area contributed by atoms with Crippen LogP contribution in [0.5, 0.6) is 0 Å². The molecule has 0 radical (unpaired) electrons. The highest BCUT2D eigenvalue weighted by Crippen LogP contribution is 2.28. The van der Waals surface area contributed by atoms with Gasteiger partial charge in [0.25, 0.3) is 0 Å². The second-order valence-corrected chi connectivity index (χ2v) is 8.67. The zero-order valence-corrected chi connectivity index (χ0v) is 24.1. The number of aryl methyl sites for hydroxylation is 1. The van der Waals surface area contributed by atoms with E-state index in [9.17, 15) is 0 Å². The van der Waals surface area contributed by atoms with Gasteiger partial charge in [0, 0.05) is 13.1 Å². The van der Waals surface area contributed by atoms with Gasteiger partial charge in [-0.15, -0.1) is 0 Å². The minimum absolute atomic E-state index is 0.817. The van der Waals surface area contributed by atoms with E-state index in [1.54, 1.807) is 0 Å². The molecule has 196 valence electrons. The topological polar surface area (TPSA) is 24.1 Å². The molecule has 0 heterocycles. The van der Waals surface area contributed by atoms with Gasteiger partial charge < -0.3 is 10.6 Å². The molecule has 34 heavy (non-hydrogen) atoms. The summed E-state index contributed by atoms with van der Waals surface area (Å²) >= 11 is 0. The van der Waals surface area contributed by atoms with E-state index in [2.05, 4.69) is 81.8 Å². The van der Waals surface area contributed by atoms with Crippen molar-refractivity contribution in [2.45, 2.75) is 100 Å². The van der Waals surface area contributed by atoms with Crippen LogP contribution in [-0.2, 0) is 6.54 Å². The molecule has 2 N–H and O–H groups in total. The highest BCUT2D eigenvalue weighted by Gasteiger charge is 2.20. The number of rotatable bonds is 11. The zero-order chi connectivity index (χ0) is 26.2. The summed E-state index contributed by atoms with van der Waals surface area (Å²) in [5.41, 5.74) is 5.32. The average Bonchev–Trinajstić information content (AvgIpc) is 2.88. The van der Waals surface area contributed by atoms with Gasteiger partial charge in [-0.2, -0.15) is 0 Å². The van der Waals surface area contributed by atoms with Crippen LogP contribution in [0.4, 0.5) is 0 Å². The van der Waals surface area contributed by atoms with E-state index in [4.69, 9.17) is 0 Å². The summed E-state index contributed by atoms with van der Waals surface area (Å²) in [5.74, 6) is 1.65. The van der Waals surface area contributed by atoms with Crippen molar-refractivity contribution in [2.24, 2.45) is 11.8 Å². The molecule has 1 aliphatic carbocycles. The van der Waals surface area contributed by atoms with Crippen molar-refractivity contribution in [3.05, 3.63) is 71.8 Å². The van der Waals surface area contributed by atoms with Crippen molar-refractivity contribution >= 4 is 0 Å². The van der Waals surface area contributed by atoms with E-state index >= 15 is 0 Å². The summed E-state index contributed by atoms with van der Waals surface area (Å²) in [5, 5.41) is 7.32. The summed E-state index contributed by atoms with van der Waals surface area (Å²) in [7, 11) is 0. The highest BCUT2D eigenvalue weighted by molar-refractivity contribution is 5.32. The summed E-state index contributed by atoms with van der Waals surface area (Å²) in [6.45, 7) is 28.8. The molecular formula is C32H58N2. The lowest BCUT2D eigenvalue weighted by atomic mass is 9.82.